The maximum atomic E-state index is 12.5. The number of aliphatic carboxylic acids is 1. The van der Waals surface area contributed by atoms with Crippen LogP contribution in [-0.2, 0) is 14.3 Å². The van der Waals surface area contributed by atoms with Crippen molar-refractivity contribution in [3.05, 3.63) is 35.9 Å². The van der Waals surface area contributed by atoms with Crippen LogP contribution in [0.2, 0.25) is 0 Å². The molecule has 1 aliphatic heterocycles. The van der Waals surface area contributed by atoms with Gasteiger partial charge in [0.05, 0.1) is 6.04 Å². The van der Waals surface area contributed by atoms with Gasteiger partial charge in [-0.3, -0.25) is 9.59 Å². The van der Waals surface area contributed by atoms with Crippen molar-refractivity contribution in [2.24, 2.45) is 5.92 Å². The number of carboxylic acid groups (broad SMARTS) is 1. The molecule has 2 rings (SSSR count). The summed E-state index contributed by atoms with van der Waals surface area (Å²) < 4.78 is 4.81. The zero-order valence-corrected chi connectivity index (χ0v) is 12.5. The summed E-state index contributed by atoms with van der Waals surface area (Å²) in [6.45, 7) is 3.90. The van der Waals surface area contributed by atoms with E-state index in [1.807, 2.05) is 19.9 Å². The summed E-state index contributed by atoms with van der Waals surface area (Å²) in [5.41, 5.74) is 0.514. The molecule has 0 unspecified atom stereocenters. The minimum atomic E-state index is -1.17. The molecule has 1 amide bonds. The largest absolute Gasteiger partial charge is 0.479 e. The van der Waals surface area contributed by atoms with E-state index >= 15 is 0 Å². The highest BCUT2D eigenvalue weighted by atomic mass is 16.6. The first-order chi connectivity index (χ1) is 10.4. The number of ether oxygens (including phenoxy) is 1. The second kappa shape index (κ2) is 6.70. The smallest absolute Gasteiger partial charge is 0.336 e. The van der Waals surface area contributed by atoms with Gasteiger partial charge in [-0.05, 0) is 12.3 Å². The van der Waals surface area contributed by atoms with Crippen LogP contribution in [0.5, 0.6) is 0 Å². The van der Waals surface area contributed by atoms with E-state index in [-0.39, 0.29) is 11.7 Å². The summed E-state index contributed by atoms with van der Waals surface area (Å²) in [5, 5.41) is 11.4. The topological polar surface area (TPSA) is 96.0 Å². The van der Waals surface area contributed by atoms with Crippen LogP contribution in [0.1, 0.15) is 30.6 Å². The van der Waals surface area contributed by atoms with E-state index in [1.54, 1.807) is 24.3 Å². The number of carbonyl (C=O) groups excluding carboxylic acids is 2. The molecule has 0 radical (unpaired) electrons. The summed E-state index contributed by atoms with van der Waals surface area (Å²) in [5.74, 6) is -1.71. The lowest BCUT2D eigenvalue weighted by molar-refractivity contribution is -0.138. The first-order valence-corrected chi connectivity index (χ1v) is 7.18. The number of carbonyl (C=O) groups is 3. The number of carboxylic acids is 1. The monoisotopic (exact) mass is 305 g/mol. The molecule has 6 heteroatoms. The van der Waals surface area contributed by atoms with Crippen molar-refractivity contribution in [3.63, 3.8) is 0 Å². The Bertz CT molecular complexity index is 569. The van der Waals surface area contributed by atoms with E-state index in [4.69, 9.17) is 9.84 Å². The van der Waals surface area contributed by atoms with Crippen molar-refractivity contribution >= 4 is 17.7 Å². The molecule has 118 valence electrons. The van der Waals surface area contributed by atoms with E-state index in [0.717, 1.165) is 0 Å². The second-order valence-corrected chi connectivity index (χ2v) is 5.74. The van der Waals surface area contributed by atoms with Gasteiger partial charge in [-0.2, -0.15) is 0 Å². The lowest BCUT2D eigenvalue weighted by Crippen LogP contribution is -2.44. The summed E-state index contributed by atoms with van der Waals surface area (Å²) in [6, 6.07) is 8.01. The summed E-state index contributed by atoms with van der Waals surface area (Å²) >= 11 is 0. The molecule has 0 spiro atoms. The van der Waals surface area contributed by atoms with E-state index < -0.39 is 30.1 Å². The van der Waals surface area contributed by atoms with Gasteiger partial charge in [0.2, 0.25) is 0 Å². The fourth-order valence-electron chi connectivity index (χ4n) is 2.26. The van der Waals surface area contributed by atoms with Gasteiger partial charge in [0.1, 0.15) is 0 Å². The standard InChI is InChI=1S/C16H19NO5/c1-9(2)8-11(12(18)10-6-4-3-5-7-10)17-15(19)13-14(22-13)16(20)21/h3-7,9,11,13-14H,8H2,1-2H3,(H,17,19)(H,20,21)/t11-,13-,14-/m0/s1. The molecule has 1 saturated heterocycles. The quantitative estimate of drug-likeness (QED) is 0.584. The third-order valence-corrected chi connectivity index (χ3v) is 3.39. The van der Waals surface area contributed by atoms with Gasteiger partial charge in [0.25, 0.3) is 5.91 Å². The van der Waals surface area contributed by atoms with Gasteiger partial charge < -0.3 is 15.2 Å². The Morgan fingerprint density at radius 1 is 1.18 bits per heavy atom. The van der Waals surface area contributed by atoms with Gasteiger partial charge >= 0.3 is 5.97 Å². The molecule has 1 aliphatic rings. The van der Waals surface area contributed by atoms with Crippen molar-refractivity contribution in [3.8, 4) is 0 Å². The molecular formula is C16H19NO5. The highest BCUT2D eigenvalue weighted by Crippen LogP contribution is 2.23. The Hall–Kier alpha value is -2.21. The molecule has 1 aromatic rings. The van der Waals surface area contributed by atoms with Crippen LogP contribution in [0.15, 0.2) is 30.3 Å². The van der Waals surface area contributed by atoms with Crippen molar-refractivity contribution < 1.29 is 24.2 Å². The molecule has 0 aliphatic carbocycles. The number of benzene rings is 1. The van der Waals surface area contributed by atoms with Gasteiger partial charge in [0, 0.05) is 5.56 Å². The van der Waals surface area contributed by atoms with Crippen molar-refractivity contribution in [1.29, 1.82) is 0 Å². The SMILES string of the molecule is CC(C)C[C@H](NC(=O)[C@H]1O[C@@H]1C(=O)O)C(=O)c1ccccc1. The predicted octanol–water partition coefficient (Wildman–Crippen LogP) is 1.25. The Morgan fingerprint density at radius 3 is 2.32 bits per heavy atom. The van der Waals surface area contributed by atoms with E-state index in [2.05, 4.69) is 5.32 Å². The lowest BCUT2D eigenvalue weighted by atomic mass is 9.96. The molecule has 3 atom stereocenters. The van der Waals surface area contributed by atoms with E-state index in [9.17, 15) is 14.4 Å². The second-order valence-electron chi connectivity index (χ2n) is 5.74. The molecule has 1 heterocycles. The number of nitrogens with one attached hydrogen (secondary N) is 1. The number of rotatable bonds is 7. The van der Waals surface area contributed by atoms with Crippen molar-refractivity contribution in [2.45, 2.75) is 38.5 Å². The average molecular weight is 305 g/mol. The molecular weight excluding hydrogens is 286 g/mol. The van der Waals surface area contributed by atoms with Crippen LogP contribution in [0.3, 0.4) is 0 Å². The van der Waals surface area contributed by atoms with Crippen LogP contribution in [0, 0.1) is 5.92 Å². The molecule has 6 nitrogen and oxygen atoms in total. The van der Waals surface area contributed by atoms with E-state index in [0.29, 0.717) is 12.0 Å². The maximum absolute atomic E-state index is 12.5. The van der Waals surface area contributed by atoms with Crippen LogP contribution in [0.4, 0.5) is 0 Å². The fraction of sp³-hybridized carbons (Fsp3) is 0.438. The Balaban J connectivity index is 2.05. The predicted molar refractivity (Wildman–Crippen MR) is 78.5 cm³/mol. The van der Waals surface area contributed by atoms with Crippen molar-refractivity contribution in [1.82, 2.24) is 5.32 Å². The normalized spacial score (nSPS) is 21.2. The highest BCUT2D eigenvalue weighted by molar-refractivity contribution is 6.03. The molecule has 22 heavy (non-hydrogen) atoms. The maximum Gasteiger partial charge on any atom is 0.336 e. The van der Waals surface area contributed by atoms with Crippen LogP contribution in [0.25, 0.3) is 0 Å². The molecule has 0 aromatic heterocycles. The number of Topliss-reactive ketones (excluding diaryl/α,β-unsaturated/α-hetero) is 1. The third-order valence-electron chi connectivity index (χ3n) is 3.39. The minimum Gasteiger partial charge on any atom is -0.479 e. The third kappa shape index (κ3) is 3.92. The number of epoxide rings is 1. The van der Waals surface area contributed by atoms with Gasteiger partial charge in [0.15, 0.2) is 18.0 Å². The Kier molecular flexibility index (Phi) is 4.92. The Morgan fingerprint density at radius 2 is 1.82 bits per heavy atom. The van der Waals surface area contributed by atoms with E-state index in [1.165, 1.54) is 0 Å². The zero-order valence-electron chi connectivity index (χ0n) is 12.5. The molecule has 0 saturated carbocycles. The minimum absolute atomic E-state index is 0.185. The van der Waals surface area contributed by atoms with Crippen LogP contribution >= 0.6 is 0 Å². The Labute approximate surface area is 128 Å². The number of ketones is 1. The highest BCUT2D eigenvalue weighted by Gasteiger charge is 2.51. The summed E-state index contributed by atoms with van der Waals surface area (Å²) in [4.78, 5) is 35.2. The first-order valence-electron chi connectivity index (χ1n) is 7.18. The van der Waals surface area contributed by atoms with Crippen LogP contribution < -0.4 is 5.32 Å². The molecule has 1 aromatic carbocycles. The van der Waals surface area contributed by atoms with Gasteiger partial charge in [-0.25, -0.2) is 4.79 Å². The molecule has 1 fully saturated rings. The number of amides is 1. The number of hydrogen-bond donors (Lipinski definition) is 2. The van der Waals surface area contributed by atoms with Gasteiger partial charge in [-0.15, -0.1) is 0 Å². The average Bonchev–Trinajstić information content (AvgIpc) is 3.27. The van der Waals surface area contributed by atoms with Crippen molar-refractivity contribution in [2.75, 3.05) is 0 Å². The molecule has 2 N–H and O–H groups in total. The summed E-state index contributed by atoms with van der Waals surface area (Å²) in [7, 11) is 0. The fourth-order valence-corrected chi connectivity index (χ4v) is 2.26. The zero-order chi connectivity index (χ0) is 16.3. The van der Waals surface area contributed by atoms with Gasteiger partial charge in [-0.1, -0.05) is 44.2 Å². The number of hydrogen-bond acceptors (Lipinski definition) is 4. The lowest BCUT2D eigenvalue weighted by Gasteiger charge is -2.19. The molecule has 0 bridgehead atoms. The summed E-state index contributed by atoms with van der Waals surface area (Å²) in [6.07, 6.45) is -1.63. The van der Waals surface area contributed by atoms with Crippen LogP contribution in [-0.4, -0.2) is 41.0 Å². The first kappa shape index (κ1) is 16.2.